The molecule has 5 nitrogen and oxygen atoms in total. The van der Waals surface area contributed by atoms with Crippen molar-refractivity contribution in [1.29, 1.82) is 0 Å². The second-order valence-electron chi connectivity index (χ2n) is 4.44. The van der Waals surface area contributed by atoms with Crippen LogP contribution in [-0.4, -0.2) is 28.8 Å². The molecule has 0 amide bonds. The van der Waals surface area contributed by atoms with Gasteiger partial charge in [0.15, 0.2) is 5.82 Å². The van der Waals surface area contributed by atoms with Crippen LogP contribution in [0, 0.1) is 0 Å². The molecule has 1 heterocycles. The Balaban J connectivity index is 2.02. The first kappa shape index (κ1) is 12.1. The van der Waals surface area contributed by atoms with Crippen LogP contribution >= 0.6 is 0 Å². The molecule has 17 heavy (non-hydrogen) atoms. The molecule has 0 radical (unpaired) electrons. The van der Waals surface area contributed by atoms with Gasteiger partial charge in [0.05, 0.1) is 6.10 Å². The average molecular weight is 237 g/mol. The second kappa shape index (κ2) is 5.31. The fourth-order valence-corrected chi connectivity index (χ4v) is 2.03. The van der Waals surface area contributed by atoms with E-state index in [9.17, 15) is 4.79 Å². The van der Waals surface area contributed by atoms with E-state index in [4.69, 9.17) is 4.74 Å². The maximum Gasteiger partial charge on any atom is 0.293 e. The molecule has 1 saturated carbocycles. The van der Waals surface area contributed by atoms with Gasteiger partial charge in [-0.1, -0.05) is 6.92 Å². The van der Waals surface area contributed by atoms with Crippen molar-refractivity contribution in [3.63, 3.8) is 0 Å². The summed E-state index contributed by atoms with van der Waals surface area (Å²) in [4.78, 5) is 16.1. The molecule has 1 N–H and O–H groups in total. The highest BCUT2D eigenvalue weighted by atomic mass is 16.5. The Kier molecular flexibility index (Phi) is 3.78. The zero-order valence-electron chi connectivity index (χ0n) is 10.3. The lowest BCUT2D eigenvalue weighted by atomic mass is 9.89. The molecule has 0 aromatic carbocycles. The Hall–Kier alpha value is -1.36. The van der Waals surface area contributed by atoms with Crippen molar-refractivity contribution in [2.24, 2.45) is 0 Å². The van der Waals surface area contributed by atoms with E-state index in [0.717, 1.165) is 25.8 Å². The molecule has 1 aromatic heterocycles. The molecule has 0 atom stereocenters. The van der Waals surface area contributed by atoms with Crippen molar-refractivity contribution in [3.05, 3.63) is 22.7 Å². The van der Waals surface area contributed by atoms with Crippen LogP contribution in [0.3, 0.4) is 0 Å². The van der Waals surface area contributed by atoms with E-state index in [2.05, 4.69) is 17.2 Å². The van der Waals surface area contributed by atoms with Gasteiger partial charge in [-0.2, -0.15) is 0 Å². The third-order valence-electron chi connectivity index (χ3n) is 3.15. The first-order chi connectivity index (χ1) is 8.24. The first-order valence-electron chi connectivity index (χ1n) is 6.09. The maximum absolute atomic E-state index is 12.0. The number of methoxy groups -OCH3 is 1. The predicted molar refractivity (Wildman–Crippen MR) is 66.2 cm³/mol. The lowest BCUT2D eigenvalue weighted by Gasteiger charge is -2.34. The van der Waals surface area contributed by atoms with Crippen LogP contribution in [0.25, 0.3) is 0 Å². The number of anilines is 1. The summed E-state index contributed by atoms with van der Waals surface area (Å²) in [6.45, 7) is 2.79. The lowest BCUT2D eigenvalue weighted by molar-refractivity contribution is 0.0327. The normalized spacial score (nSPS) is 23.2. The summed E-state index contributed by atoms with van der Waals surface area (Å²) < 4.78 is 6.90. The van der Waals surface area contributed by atoms with Gasteiger partial charge in [0.2, 0.25) is 0 Å². The number of ether oxygens (including phenoxy) is 1. The molecule has 1 aromatic rings. The van der Waals surface area contributed by atoms with Crippen LogP contribution in [-0.2, 0) is 11.3 Å². The highest BCUT2D eigenvalue weighted by Gasteiger charge is 2.29. The molecule has 0 bridgehead atoms. The van der Waals surface area contributed by atoms with Gasteiger partial charge >= 0.3 is 0 Å². The van der Waals surface area contributed by atoms with Gasteiger partial charge in [-0.15, -0.1) is 0 Å². The number of hydrogen-bond acceptors (Lipinski definition) is 4. The van der Waals surface area contributed by atoms with Crippen molar-refractivity contribution in [2.45, 2.75) is 44.9 Å². The molecule has 0 spiro atoms. The molecule has 1 aliphatic carbocycles. The lowest BCUT2D eigenvalue weighted by Crippen LogP contribution is -2.42. The molecule has 0 unspecified atom stereocenters. The molecule has 1 aliphatic rings. The average Bonchev–Trinajstić information content (AvgIpc) is 2.27. The fraction of sp³-hybridized carbons (Fsp3) is 0.667. The number of nitrogens with one attached hydrogen (secondary N) is 1. The monoisotopic (exact) mass is 237 g/mol. The predicted octanol–water partition coefficient (Wildman–Crippen LogP) is 1.24. The Morgan fingerprint density at radius 1 is 1.59 bits per heavy atom. The Labute approximate surface area is 101 Å². The Bertz CT molecular complexity index is 424. The molecule has 1 fully saturated rings. The summed E-state index contributed by atoms with van der Waals surface area (Å²) in [6.07, 6.45) is 6.56. The van der Waals surface area contributed by atoms with E-state index in [-0.39, 0.29) is 5.56 Å². The van der Waals surface area contributed by atoms with Crippen molar-refractivity contribution < 1.29 is 4.74 Å². The number of hydrogen-bond donors (Lipinski definition) is 1. The number of nitrogens with zero attached hydrogens (tertiary/aromatic N) is 2. The molecular weight excluding hydrogens is 218 g/mol. The van der Waals surface area contributed by atoms with E-state index in [1.165, 1.54) is 0 Å². The molecule has 5 heteroatoms. The van der Waals surface area contributed by atoms with Gasteiger partial charge in [0.25, 0.3) is 5.56 Å². The largest absolute Gasteiger partial charge is 0.381 e. The summed E-state index contributed by atoms with van der Waals surface area (Å²) in [7, 11) is 1.72. The third kappa shape index (κ3) is 2.66. The van der Waals surface area contributed by atoms with Crippen molar-refractivity contribution >= 4 is 5.82 Å². The summed E-state index contributed by atoms with van der Waals surface area (Å²) in [5.74, 6) is 0.459. The molecule has 0 aliphatic heterocycles. The fourth-order valence-electron chi connectivity index (χ4n) is 2.03. The highest BCUT2D eigenvalue weighted by Crippen LogP contribution is 2.24. The van der Waals surface area contributed by atoms with Crippen LogP contribution in [0.15, 0.2) is 17.2 Å². The standard InChI is InChI=1S/C12H19N3O2/c1-3-5-15-6-4-13-11(12(15)16)14-9-7-10(8-9)17-2/h4,6,9-10H,3,5,7-8H2,1-2H3,(H,13,14). The van der Waals surface area contributed by atoms with Crippen molar-refractivity contribution in [2.75, 3.05) is 12.4 Å². The van der Waals surface area contributed by atoms with E-state index >= 15 is 0 Å². The van der Waals surface area contributed by atoms with E-state index in [0.29, 0.717) is 18.0 Å². The molecule has 2 rings (SSSR count). The van der Waals surface area contributed by atoms with Crippen LogP contribution in [0.2, 0.25) is 0 Å². The van der Waals surface area contributed by atoms with Gasteiger partial charge < -0.3 is 14.6 Å². The molecule has 94 valence electrons. The smallest absolute Gasteiger partial charge is 0.293 e. The number of rotatable bonds is 5. The van der Waals surface area contributed by atoms with E-state index in [1.807, 2.05) is 0 Å². The van der Waals surface area contributed by atoms with Crippen molar-refractivity contribution in [3.8, 4) is 0 Å². The summed E-state index contributed by atoms with van der Waals surface area (Å²) in [6, 6.07) is 0.317. The highest BCUT2D eigenvalue weighted by molar-refractivity contribution is 5.33. The van der Waals surface area contributed by atoms with Gasteiger partial charge in [-0.05, 0) is 19.3 Å². The zero-order valence-corrected chi connectivity index (χ0v) is 10.3. The SMILES string of the molecule is CCCn1ccnc(NC2CC(OC)C2)c1=O. The number of aromatic nitrogens is 2. The molecular formula is C12H19N3O2. The summed E-state index contributed by atoms with van der Waals surface area (Å²) in [5, 5.41) is 3.19. The summed E-state index contributed by atoms with van der Waals surface area (Å²) in [5.41, 5.74) is -0.0322. The Morgan fingerprint density at radius 3 is 3.00 bits per heavy atom. The van der Waals surface area contributed by atoms with Crippen LogP contribution in [0.5, 0.6) is 0 Å². The first-order valence-corrected chi connectivity index (χ1v) is 6.09. The topological polar surface area (TPSA) is 56.1 Å². The second-order valence-corrected chi connectivity index (χ2v) is 4.44. The maximum atomic E-state index is 12.0. The van der Waals surface area contributed by atoms with Crippen molar-refractivity contribution in [1.82, 2.24) is 9.55 Å². The van der Waals surface area contributed by atoms with Gasteiger partial charge in [0, 0.05) is 32.1 Å². The van der Waals surface area contributed by atoms with E-state index < -0.39 is 0 Å². The third-order valence-corrected chi connectivity index (χ3v) is 3.15. The molecule has 0 saturated heterocycles. The minimum atomic E-state index is -0.0322. The van der Waals surface area contributed by atoms with Crippen LogP contribution < -0.4 is 10.9 Å². The minimum Gasteiger partial charge on any atom is -0.381 e. The minimum absolute atomic E-state index is 0.0322. The van der Waals surface area contributed by atoms with Crippen LogP contribution in [0.1, 0.15) is 26.2 Å². The van der Waals surface area contributed by atoms with Gasteiger partial charge in [0.1, 0.15) is 0 Å². The van der Waals surface area contributed by atoms with Gasteiger partial charge in [-0.3, -0.25) is 4.79 Å². The van der Waals surface area contributed by atoms with Crippen LogP contribution in [0.4, 0.5) is 5.82 Å². The quantitative estimate of drug-likeness (QED) is 0.837. The zero-order chi connectivity index (χ0) is 12.3. The number of aryl methyl sites for hydroxylation is 1. The van der Waals surface area contributed by atoms with E-state index in [1.54, 1.807) is 24.1 Å². The van der Waals surface area contributed by atoms with Gasteiger partial charge in [-0.25, -0.2) is 4.98 Å². The summed E-state index contributed by atoms with van der Waals surface area (Å²) >= 11 is 0. The Morgan fingerprint density at radius 2 is 2.35 bits per heavy atom.